The molecule has 0 bridgehead atoms. The van der Waals surface area contributed by atoms with Crippen LogP contribution in [-0.4, -0.2) is 41.8 Å². The maximum Gasteiger partial charge on any atom is 0.224 e. The predicted octanol–water partition coefficient (Wildman–Crippen LogP) is 1.06. The van der Waals surface area contributed by atoms with Crippen LogP contribution in [0.3, 0.4) is 0 Å². The molecule has 1 N–H and O–H groups in total. The van der Waals surface area contributed by atoms with Crippen LogP contribution in [0.5, 0.6) is 0 Å². The Hall–Kier alpha value is -1.43. The lowest BCUT2D eigenvalue weighted by Gasteiger charge is -2.31. The largest absolute Gasteiger partial charge is 0.359 e. The molecular formula is C13H19N3O2S. The summed E-state index contributed by atoms with van der Waals surface area (Å²) in [6.45, 7) is 1.32. The highest BCUT2D eigenvalue weighted by atomic mass is 32.1. The lowest BCUT2D eigenvalue weighted by atomic mass is 9.97. The highest BCUT2D eigenvalue weighted by Gasteiger charge is 2.27. The Labute approximate surface area is 117 Å². The monoisotopic (exact) mass is 281 g/mol. The second kappa shape index (κ2) is 6.65. The number of rotatable bonds is 4. The highest BCUT2D eigenvalue weighted by molar-refractivity contribution is 7.07. The first kappa shape index (κ1) is 14.0. The number of piperidine rings is 1. The van der Waals surface area contributed by atoms with Crippen molar-refractivity contribution in [1.29, 1.82) is 0 Å². The normalized spacial score (nSPS) is 19.2. The van der Waals surface area contributed by atoms with Gasteiger partial charge in [0.15, 0.2) is 0 Å². The molecule has 5 nitrogen and oxygen atoms in total. The summed E-state index contributed by atoms with van der Waals surface area (Å²) >= 11 is 1.55. The number of aryl methyl sites for hydroxylation is 1. The van der Waals surface area contributed by atoms with E-state index in [0.717, 1.165) is 25.1 Å². The van der Waals surface area contributed by atoms with Crippen molar-refractivity contribution in [2.24, 2.45) is 5.92 Å². The Morgan fingerprint density at radius 2 is 2.42 bits per heavy atom. The molecule has 0 spiro atoms. The van der Waals surface area contributed by atoms with Gasteiger partial charge in [0.2, 0.25) is 11.8 Å². The third-order valence-electron chi connectivity index (χ3n) is 3.47. The molecule has 1 aliphatic rings. The minimum absolute atomic E-state index is 0.0389. The van der Waals surface area contributed by atoms with Gasteiger partial charge in [-0.15, -0.1) is 11.3 Å². The molecule has 1 aliphatic heterocycles. The summed E-state index contributed by atoms with van der Waals surface area (Å²) in [7, 11) is 1.64. The Morgan fingerprint density at radius 1 is 1.58 bits per heavy atom. The summed E-state index contributed by atoms with van der Waals surface area (Å²) in [5.41, 5.74) is 2.75. The molecule has 1 unspecified atom stereocenters. The molecule has 1 aromatic heterocycles. The number of hydrogen-bond acceptors (Lipinski definition) is 4. The van der Waals surface area contributed by atoms with Gasteiger partial charge in [-0.25, -0.2) is 4.98 Å². The molecule has 1 fully saturated rings. The zero-order valence-electron chi connectivity index (χ0n) is 11.1. The van der Waals surface area contributed by atoms with Crippen molar-refractivity contribution in [2.45, 2.75) is 25.7 Å². The predicted molar refractivity (Wildman–Crippen MR) is 73.8 cm³/mol. The molecule has 0 saturated carbocycles. The number of amides is 2. The van der Waals surface area contributed by atoms with Crippen LogP contribution in [0.4, 0.5) is 0 Å². The number of hydrogen-bond donors (Lipinski definition) is 1. The van der Waals surface area contributed by atoms with Gasteiger partial charge in [-0.05, 0) is 19.3 Å². The topological polar surface area (TPSA) is 62.3 Å². The molecule has 0 radical (unpaired) electrons. The van der Waals surface area contributed by atoms with Crippen LogP contribution < -0.4 is 5.32 Å². The van der Waals surface area contributed by atoms with Crippen LogP contribution in [0, 0.1) is 5.92 Å². The van der Waals surface area contributed by atoms with Crippen molar-refractivity contribution in [3.63, 3.8) is 0 Å². The number of carbonyl (C=O) groups is 2. The third kappa shape index (κ3) is 3.76. The van der Waals surface area contributed by atoms with Crippen molar-refractivity contribution >= 4 is 23.2 Å². The Balaban J connectivity index is 1.83. The Morgan fingerprint density at radius 3 is 3.11 bits per heavy atom. The van der Waals surface area contributed by atoms with Crippen molar-refractivity contribution < 1.29 is 9.59 Å². The molecule has 0 aromatic carbocycles. The van der Waals surface area contributed by atoms with Crippen molar-refractivity contribution in [1.82, 2.24) is 15.2 Å². The van der Waals surface area contributed by atoms with Crippen molar-refractivity contribution in [3.05, 3.63) is 16.6 Å². The highest BCUT2D eigenvalue weighted by Crippen LogP contribution is 2.18. The average Bonchev–Trinajstić information content (AvgIpc) is 2.97. The van der Waals surface area contributed by atoms with E-state index in [1.54, 1.807) is 23.9 Å². The van der Waals surface area contributed by atoms with E-state index >= 15 is 0 Å². The van der Waals surface area contributed by atoms with E-state index in [4.69, 9.17) is 0 Å². The number of likely N-dealkylation sites (tertiary alicyclic amines) is 1. The van der Waals surface area contributed by atoms with E-state index in [1.165, 1.54) is 0 Å². The molecule has 6 heteroatoms. The average molecular weight is 281 g/mol. The number of nitrogens with zero attached hydrogens (tertiary/aromatic N) is 2. The summed E-state index contributed by atoms with van der Waals surface area (Å²) in [6.07, 6.45) is 2.93. The Kier molecular flexibility index (Phi) is 4.90. The second-order valence-corrected chi connectivity index (χ2v) is 5.49. The minimum Gasteiger partial charge on any atom is -0.359 e. The van der Waals surface area contributed by atoms with E-state index < -0.39 is 0 Å². The first-order valence-electron chi connectivity index (χ1n) is 6.57. The quantitative estimate of drug-likeness (QED) is 0.897. The van der Waals surface area contributed by atoms with Gasteiger partial charge in [-0.1, -0.05) is 0 Å². The van der Waals surface area contributed by atoms with Crippen LogP contribution in [0.2, 0.25) is 0 Å². The SMILES string of the molecule is CNC(=O)C1CCCN(C(=O)CCc2cscn2)C1. The van der Waals surface area contributed by atoms with Crippen LogP contribution in [0.1, 0.15) is 25.0 Å². The summed E-state index contributed by atoms with van der Waals surface area (Å²) in [6, 6.07) is 0. The maximum atomic E-state index is 12.1. The van der Waals surface area contributed by atoms with Crippen molar-refractivity contribution in [3.8, 4) is 0 Å². The van der Waals surface area contributed by atoms with Crippen molar-refractivity contribution in [2.75, 3.05) is 20.1 Å². The van der Waals surface area contributed by atoms with Gasteiger partial charge in [-0.3, -0.25) is 9.59 Å². The molecule has 1 saturated heterocycles. The molecule has 0 aliphatic carbocycles. The van der Waals surface area contributed by atoms with Gasteiger partial charge in [0, 0.05) is 31.9 Å². The summed E-state index contributed by atoms with van der Waals surface area (Å²) < 4.78 is 0. The van der Waals surface area contributed by atoms with Crippen LogP contribution in [-0.2, 0) is 16.0 Å². The van der Waals surface area contributed by atoms with E-state index in [0.29, 0.717) is 19.4 Å². The van der Waals surface area contributed by atoms with Crippen LogP contribution in [0.15, 0.2) is 10.9 Å². The van der Waals surface area contributed by atoms with Gasteiger partial charge >= 0.3 is 0 Å². The summed E-state index contributed by atoms with van der Waals surface area (Å²) in [5, 5.41) is 4.63. The third-order valence-corrected chi connectivity index (χ3v) is 4.11. The molecule has 19 heavy (non-hydrogen) atoms. The van der Waals surface area contributed by atoms with E-state index in [9.17, 15) is 9.59 Å². The lowest BCUT2D eigenvalue weighted by Crippen LogP contribution is -2.44. The summed E-state index contributed by atoms with van der Waals surface area (Å²) in [4.78, 5) is 29.7. The van der Waals surface area contributed by atoms with Gasteiger partial charge in [0.05, 0.1) is 17.1 Å². The molecule has 2 heterocycles. The second-order valence-electron chi connectivity index (χ2n) is 4.77. The smallest absolute Gasteiger partial charge is 0.224 e. The number of thiazole rings is 1. The van der Waals surface area contributed by atoms with Crippen LogP contribution >= 0.6 is 11.3 Å². The van der Waals surface area contributed by atoms with Gasteiger partial charge in [-0.2, -0.15) is 0 Å². The molecule has 2 rings (SSSR count). The number of nitrogens with one attached hydrogen (secondary N) is 1. The van der Waals surface area contributed by atoms with Crippen LogP contribution in [0.25, 0.3) is 0 Å². The van der Waals surface area contributed by atoms with Gasteiger partial charge in [0.25, 0.3) is 0 Å². The molecule has 104 valence electrons. The molecular weight excluding hydrogens is 262 g/mol. The first-order valence-corrected chi connectivity index (χ1v) is 7.51. The summed E-state index contributed by atoms with van der Waals surface area (Å²) in [5.74, 6) is 0.112. The van der Waals surface area contributed by atoms with E-state index in [2.05, 4.69) is 10.3 Å². The molecule has 2 amide bonds. The fourth-order valence-corrected chi connectivity index (χ4v) is 2.97. The molecule has 1 aromatic rings. The minimum atomic E-state index is -0.0537. The Bertz CT molecular complexity index is 433. The van der Waals surface area contributed by atoms with E-state index in [-0.39, 0.29) is 17.7 Å². The zero-order valence-corrected chi connectivity index (χ0v) is 11.9. The number of aromatic nitrogens is 1. The fourth-order valence-electron chi connectivity index (χ4n) is 2.38. The van der Waals surface area contributed by atoms with E-state index in [1.807, 2.05) is 10.3 Å². The van der Waals surface area contributed by atoms with Gasteiger partial charge in [0.1, 0.15) is 0 Å². The standard InChI is InChI=1S/C13H19N3O2S/c1-14-13(18)10-3-2-6-16(7-10)12(17)5-4-11-8-19-9-15-11/h8-10H,2-7H2,1H3,(H,14,18). The maximum absolute atomic E-state index is 12.1. The fraction of sp³-hybridized carbons (Fsp3) is 0.615. The van der Waals surface area contributed by atoms with Gasteiger partial charge < -0.3 is 10.2 Å². The lowest BCUT2D eigenvalue weighted by molar-refractivity contribution is -0.135. The zero-order chi connectivity index (χ0) is 13.7. The number of carbonyl (C=O) groups excluding carboxylic acids is 2. The molecule has 1 atom stereocenters. The first-order chi connectivity index (χ1) is 9.20.